The third-order valence-corrected chi connectivity index (χ3v) is 1.73. The molecule has 1 unspecified atom stereocenters. The Hall–Kier alpha value is -1.13. The van der Waals surface area contributed by atoms with Gasteiger partial charge < -0.3 is 0 Å². The van der Waals surface area contributed by atoms with Crippen LogP contribution in [0.1, 0.15) is 6.42 Å². The van der Waals surface area contributed by atoms with Gasteiger partial charge in [0.2, 0.25) is 5.67 Å². The molecule has 0 saturated heterocycles. The topological polar surface area (TPSA) is 17.1 Å². The van der Waals surface area contributed by atoms with E-state index in [1.165, 1.54) is 0 Å². The van der Waals surface area contributed by atoms with Gasteiger partial charge in [0.1, 0.15) is 6.29 Å². The molecule has 0 fully saturated rings. The maximum absolute atomic E-state index is 13.1. The molecule has 0 heterocycles. The van der Waals surface area contributed by atoms with Crippen molar-refractivity contribution in [3.05, 3.63) is 23.8 Å². The first-order valence-electron chi connectivity index (χ1n) is 3.49. The summed E-state index contributed by atoms with van der Waals surface area (Å²) in [5.74, 6) is 0. The highest BCUT2D eigenvalue weighted by atomic mass is 19.4. The normalized spacial score (nSPS) is 28.5. The summed E-state index contributed by atoms with van der Waals surface area (Å²) in [6, 6.07) is 0. The molecular formula is C8H6F4O. The number of halogens is 4. The van der Waals surface area contributed by atoms with Crippen LogP contribution in [0.25, 0.3) is 0 Å². The molecule has 1 nitrogen and oxygen atoms in total. The smallest absolute Gasteiger partial charge is 0.298 e. The van der Waals surface area contributed by atoms with E-state index in [4.69, 9.17) is 0 Å². The zero-order valence-electron chi connectivity index (χ0n) is 6.44. The van der Waals surface area contributed by atoms with Gasteiger partial charge in [0, 0.05) is 12.0 Å². The van der Waals surface area contributed by atoms with E-state index in [9.17, 15) is 22.4 Å². The van der Waals surface area contributed by atoms with Crippen molar-refractivity contribution in [3.8, 4) is 0 Å². The molecule has 5 heteroatoms. The van der Waals surface area contributed by atoms with Crippen molar-refractivity contribution in [1.29, 1.82) is 0 Å². The highest BCUT2D eigenvalue weighted by Gasteiger charge is 2.54. The Morgan fingerprint density at radius 1 is 1.46 bits per heavy atom. The molecule has 0 bridgehead atoms. The van der Waals surface area contributed by atoms with Crippen LogP contribution >= 0.6 is 0 Å². The largest absolute Gasteiger partial charge is 0.426 e. The van der Waals surface area contributed by atoms with Crippen LogP contribution in [0.2, 0.25) is 0 Å². The lowest BCUT2D eigenvalue weighted by Crippen LogP contribution is -2.39. The third-order valence-electron chi connectivity index (χ3n) is 1.73. The monoisotopic (exact) mass is 194 g/mol. The van der Waals surface area contributed by atoms with Crippen molar-refractivity contribution >= 4 is 6.29 Å². The molecule has 1 atom stereocenters. The van der Waals surface area contributed by atoms with E-state index in [0.29, 0.717) is 6.08 Å². The van der Waals surface area contributed by atoms with Gasteiger partial charge in [-0.05, 0) is 6.08 Å². The van der Waals surface area contributed by atoms with E-state index >= 15 is 0 Å². The fraction of sp³-hybridized carbons (Fsp3) is 0.375. The van der Waals surface area contributed by atoms with Crippen LogP contribution in [0.15, 0.2) is 23.8 Å². The fourth-order valence-corrected chi connectivity index (χ4v) is 1.01. The van der Waals surface area contributed by atoms with Crippen molar-refractivity contribution in [3.63, 3.8) is 0 Å². The molecule has 13 heavy (non-hydrogen) atoms. The van der Waals surface area contributed by atoms with Crippen LogP contribution in [0, 0.1) is 0 Å². The minimum atomic E-state index is -4.97. The van der Waals surface area contributed by atoms with Crippen molar-refractivity contribution in [2.24, 2.45) is 0 Å². The number of hydrogen-bond acceptors (Lipinski definition) is 1. The number of alkyl halides is 4. The van der Waals surface area contributed by atoms with Crippen LogP contribution in [-0.2, 0) is 4.79 Å². The zero-order chi connectivity index (χ0) is 10.1. The second kappa shape index (κ2) is 2.97. The summed E-state index contributed by atoms with van der Waals surface area (Å²) in [4.78, 5) is 10.1. The number of carbonyl (C=O) groups is 1. The minimum Gasteiger partial charge on any atom is -0.298 e. The second-order valence-corrected chi connectivity index (χ2v) is 2.73. The fourth-order valence-electron chi connectivity index (χ4n) is 1.01. The average Bonchev–Trinajstić information content (AvgIpc) is 2.02. The Labute approximate surface area is 71.7 Å². The number of carbonyl (C=O) groups excluding carboxylic acids is 1. The van der Waals surface area contributed by atoms with Gasteiger partial charge in [-0.2, -0.15) is 13.2 Å². The summed E-state index contributed by atoms with van der Waals surface area (Å²) in [6.07, 6.45) is -3.08. The first kappa shape index (κ1) is 9.95. The van der Waals surface area contributed by atoms with E-state index in [1.807, 2.05) is 0 Å². The van der Waals surface area contributed by atoms with Gasteiger partial charge in [-0.3, -0.25) is 4.79 Å². The lowest BCUT2D eigenvalue weighted by Gasteiger charge is -2.25. The highest BCUT2D eigenvalue weighted by Crippen LogP contribution is 2.40. The maximum atomic E-state index is 13.1. The molecule has 0 aromatic rings. The van der Waals surface area contributed by atoms with E-state index in [-0.39, 0.29) is 11.9 Å². The molecule has 1 aliphatic rings. The lowest BCUT2D eigenvalue weighted by atomic mass is 9.93. The van der Waals surface area contributed by atoms with Crippen LogP contribution in [0.5, 0.6) is 0 Å². The Morgan fingerprint density at radius 2 is 2.08 bits per heavy atom. The SMILES string of the molecule is O=CC1=CC(F)(C(F)(F)F)CC=C1. The first-order valence-corrected chi connectivity index (χ1v) is 3.49. The standard InChI is InChI=1S/C8H6F4O/c9-7(8(10,11)12)3-1-2-6(4-7)5-13/h1-2,4-5H,3H2. The summed E-state index contributed by atoms with van der Waals surface area (Å²) in [7, 11) is 0. The maximum Gasteiger partial charge on any atom is 0.426 e. The molecule has 1 rings (SSSR count). The summed E-state index contributed by atoms with van der Waals surface area (Å²) >= 11 is 0. The van der Waals surface area contributed by atoms with Gasteiger partial charge in [-0.15, -0.1) is 0 Å². The highest BCUT2D eigenvalue weighted by molar-refractivity contribution is 5.78. The molecule has 0 N–H and O–H groups in total. The Bertz CT molecular complexity index is 276. The number of aldehydes is 1. The van der Waals surface area contributed by atoms with E-state index in [2.05, 4.69) is 0 Å². The third kappa shape index (κ3) is 1.79. The summed E-state index contributed by atoms with van der Waals surface area (Å²) in [6.45, 7) is 0. The van der Waals surface area contributed by atoms with Gasteiger partial charge in [-0.25, -0.2) is 4.39 Å². The van der Waals surface area contributed by atoms with Crippen LogP contribution in [0.3, 0.4) is 0 Å². The molecular weight excluding hydrogens is 188 g/mol. The molecule has 0 saturated carbocycles. The van der Waals surface area contributed by atoms with Gasteiger partial charge in [0.15, 0.2) is 0 Å². The lowest BCUT2D eigenvalue weighted by molar-refractivity contribution is -0.211. The molecule has 1 aliphatic carbocycles. The molecule has 0 radical (unpaired) electrons. The summed E-state index contributed by atoms with van der Waals surface area (Å²) in [5.41, 5.74) is -3.68. The predicted molar refractivity (Wildman–Crippen MR) is 37.8 cm³/mol. The molecule has 0 aliphatic heterocycles. The van der Waals surface area contributed by atoms with Gasteiger partial charge >= 0.3 is 6.18 Å². The predicted octanol–water partition coefficient (Wildman–Crippen LogP) is 2.34. The van der Waals surface area contributed by atoms with Crippen LogP contribution in [-0.4, -0.2) is 18.1 Å². The minimum absolute atomic E-state index is 0.190. The summed E-state index contributed by atoms with van der Waals surface area (Å²) in [5, 5.41) is 0. The van der Waals surface area contributed by atoms with E-state index < -0.39 is 18.3 Å². The van der Waals surface area contributed by atoms with E-state index in [0.717, 1.165) is 12.2 Å². The first-order chi connectivity index (χ1) is 5.89. The van der Waals surface area contributed by atoms with Crippen molar-refractivity contribution < 1.29 is 22.4 Å². The molecule has 0 aromatic heterocycles. The van der Waals surface area contributed by atoms with Crippen molar-refractivity contribution in [2.45, 2.75) is 18.3 Å². The Balaban J connectivity index is 3.02. The molecule has 72 valence electrons. The van der Waals surface area contributed by atoms with E-state index in [1.54, 1.807) is 0 Å². The summed E-state index contributed by atoms with van der Waals surface area (Å²) < 4.78 is 49.3. The number of rotatable bonds is 1. The van der Waals surface area contributed by atoms with Crippen LogP contribution < -0.4 is 0 Å². The zero-order valence-corrected chi connectivity index (χ0v) is 6.44. The number of hydrogen-bond donors (Lipinski definition) is 0. The quantitative estimate of drug-likeness (QED) is 0.462. The molecule has 0 spiro atoms. The van der Waals surface area contributed by atoms with Crippen molar-refractivity contribution in [2.75, 3.05) is 0 Å². The molecule has 0 aromatic carbocycles. The average molecular weight is 194 g/mol. The Morgan fingerprint density at radius 3 is 2.54 bits per heavy atom. The second-order valence-electron chi connectivity index (χ2n) is 2.73. The van der Waals surface area contributed by atoms with Crippen molar-refractivity contribution in [1.82, 2.24) is 0 Å². The van der Waals surface area contributed by atoms with Gasteiger partial charge in [-0.1, -0.05) is 12.2 Å². The van der Waals surface area contributed by atoms with Gasteiger partial charge in [0.05, 0.1) is 0 Å². The number of allylic oxidation sites excluding steroid dienone is 4. The molecule has 0 amide bonds. The Kier molecular flexibility index (Phi) is 2.28. The van der Waals surface area contributed by atoms with Gasteiger partial charge in [0.25, 0.3) is 0 Å². The van der Waals surface area contributed by atoms with Crippen LogP contribution in [0.4, 0.5) is 17.6 Å².